The summed E-state index contributed by atoms with van der Waals surface area (Å²) in [7, 11) is 0. The molecule has 1 aromatic heterocycles. The lowest BCUT2D eigenvalue weighted by molar-refractivity contribution is 0.304. The van der Waals surface area contributed by atoms with E-state index in [9.17, 15) is 5.26 Å². The van der Waals surface area contributed by atoms with Gasteiger partial charge >= 0.3 is 0 Å². The van der Waals surface area contributed by atoms with Crippen molar-refractivity contribution < 1.29 is 4.74 Å². The Kier molecular flexibility index (Phi) is 8.27. The average Bonchev–Trinajstić information content (AvgIpc) is 2.80. The zero-order valence-electron chi connectivity index (χ0n) is 19.4. The zero-order valence-corrected chi connectivity index (χ0v) is 19.4. The molecule has 166 valence electrons. The number of nitrogens with zero attached hydrogens (tertiary/aromatic N) is 2. The molecule has 0 aliphatic heterocycles. The van der Waals surface area contributed by atoms with Crippen molar-refractivity contribution in [2.75, 3.05) is 12.3 Å². The quantitative estimate of drug-likeness (QED) is 0.347. The van der Waals surface area contributed by atoms with Gasteiger partial charge in [0.05, 0.1) is 12.3 Å². The summed E-state index contributed by atoms with van der Waals surface area (Å²) in [6.45, 7) is 7.13. The van der Waals surface area contributed by atoms with E-state index in [1.165, 1.54) is 43.2 Å². The van der Waals surface area contributed by atoms with Crippen LogP contribution in [0.3, 0.4) is 0 Å². The van der Waals surface area contributed by atoms with Crippen LogP contribution in [0.1, 0.15) is 62.1 Å². The Balaban J connectivity index is 1.76. The number of nitrogens with two attached hydrogens (primary N) is 1. The van der Waals surface area contributed by atoms with Crippen molar-refractivity contribution in [1.29, 1.82) is 5.26 Å². The molecule has 32 heavy (non-hydrogen) atoms. The SMILES string of the molecule is CCCCCCCCOc1ccc(-c2cc(-c3ccc(C)c(C)c3)nc(N)c2C#N)cc1. The first-order valence-electron chi connectivity index (χ1n) is 11.5. The number of nitriles is 1. The van der Waals surface area contributed by atoms with Gasteiger partial charge in [0.2, 0.25) is 0 Å². The molecular weight excluding hydrogens is 394 g/mol. The monoisotopic (exact) mass is 427 g/mol. The fraction of sp³-hybridized carbons (Fsp3) is 0.357. The van der Waals surface area contributed by atoms with Gasteiger partial charge in [-0.05, 0) is 61.2 Å². The van der Waals surface area contributed by atoms with E-state index in [1.54, 1.807) is 0 Å². The van der Waals surface area contributed by atoms with Crippen molar-refractivity contribution in [2.24, 2.45) is 0 Å². The molecular formula is C28H33N3O. The molecule has 0 fully saturated rings. The van der Waals surface area contributed by atoms with E-state index < -0.39 is 0 Å². The Labute approximate surface area is 192 Å². The number of pyridine rings is 1. The molecule has 4 nitrogen and oxygen atoms in total. The number of benzene rings is 2. The van der Waals surface area contributed by atoms with E-state index >= 15 is 0 Å². The predicted octanol–water partition coefficient (Wildman–Crippen LogP) is 7.23. The molecule has 0 amide bonds. The molecule has 3 aromatic rings. The van der Waals surface area contributed by atoms with Gasteiger partial charge in [0.25, 0.3) is 0 Å². The number of hydrogen-bond acceptors (Lipinski definition) is 4. The summed E-state index contributed by atoms with van der Waals surface area (Å²) >= 11 is 0. The first-order chi connectivity index (χ1) is 15.5. The van der Waals surface area contributed by atoms with Gasteiger partial charge in [-0.25, -0.2) is 4.98 Å². The number of rotatable bonds is 10. The first kappa shape index (κ1) is 23.3. The third-order valence-corrected chi connectivity index (χ3v) is 5.89. The van der Waals surface area contributed by atoms with Crippen molar-refractivity contribution in [1.82, 2.24) is 4.98 Å². The Morgan fingerprint density at radius 1 is 0.875 bits per heavy atom. The Bertz CT molecular complexity index is 1080. The summed E-state index contributed by atoms with van der Waals surface area (Å²) < 4.78 is 5.90. The van der Waals surface area contributed by atoms with Gasteiger partial charge in [0, 0.05) is 11.1 Å². The number of anilines is 1. The maximum atomic E-state index is 9.68. The van der Waals surface area contributed by atoms with Gasteiger partial charge in [0.15, 0.2) is 0 Å². The van der Waals surface area contributed by atoms with Crippen LogP contribution < -0.4 is 10.5 Å². The Hall–Kier alpha value is -3.32. The van der Waals surface area contributed by atoms with Crippen molar-refractivity contribution >= 4 is 5.82 Å². The average molecular weight is 428 g/mol. The molecule has 0 unspecified atom stereocenters. The van der Waals surface area contributed by atoms with E-state index in [4.69, 9.17) is 10.5 Å². The highest BCUT2D eigenvalue weighted by Gasteiger charge is 2.14. The summed E-state index contributed by atoms with van der Waals surface area (Å²) in [6.07, 6.45) is 7.46. The second-order valence-corrected chi connectivity index (χ2v) is 8.37. The van der Waals surface area contributed by atoms with Gasteiger partial charge in [-0.2, -0.15) is 5.26 Å². The minimum Gasteiger partial charge on any atom is -0.494 e. The Morgan fingerprint density at radius 2 is 1.56 bits per heavy atom. The summed E-state index contributed by atoms with van der Waals surface area (Å²) in [5, 5.41) is 9.68. The standard InChI is InChI=1S/C28H33N3O/c1-4-5-6-7-8-9-16-32-24-14-12-22(13-15-24)25-18-27(31-28(30)26(25)19-29)23-11-10-20(2)21(3)17-23/h10-15,17-18H,4-9,16H2,1-3H3,(H2,30,31). The van der Waals surface area contributed by atoms with Crippen LogP contribution in [0.25, 0.3) is 22.4 Å². The van der Waals surface area contributed by atoms with Crippen LogP contribution in [0.4, 0.5) is 5.82 Å². The minimum atomic E-state index is 0.252. The third-order valence-electron chi connectivity index (χ3n) is 5.89. The van der Waals surface area contributed by atoms with Gasteiger partial charge < -0.3 is 10.5 Å². The highest BCUT2D eigenvalue weighted by molar-refractivity contribution is 5.80. The number of ether oxygens (including phenoxy) is 1. The van der Waals surface area contributed by atoms with Crippen LogP contribution >= 0.6 is 0 Å². The highest BCUT2D eigenvalue weighted by Crippen LogP contribution is 2.32. The highest BCUT2D eigenvalue weighted by atomic mass is 16.5. The molecule has 4 heteroatoms. The first-order valence-corrected chi connectivity index (χ1v) is 11.5. The fourth-order valence-electron chi connectivity index (χ4n) is 3.76. The molecule has 0 saturated carbocycles. The minimum absolute atomic E-state index is 0.252. The molecule has 0 aliphatic rings. The molecule has 2 N–H and O–H groups in total. The van der Waals surface area contributed by atoms with Crippen molar-refractivity contribution in [3.05, 3.63) is 65.2 Å². The van der Waals surface area contributed by atoms with Gasteiger partial charge in [-0.15, -0.1) is 0 Å². The molecule has 0 bridgehead atoms. The maximum absolute atomic E-state index is 9.68. The number of aryl methyl sites for hydroxylation is 2. The van der Waals surface area contributed by atoms with Crippen molar-refractivity contribution in [3.63, 3.8) is 0 Å². The summed E-state index contributed by atoms with van der Waals surface area (Å²) in [5.74, 6) is 1.10. The van der Waals surface area contributed by atoms with Crippen LogP contribution in [0, 0.1) is 25.2 Å². The molecule has 0 radical (unpaired) electrons. The zero-order chi connectivity index (χ0) is 22.9. The van der Waals surface area contributed by atoms with E-state index in [0.717, 1.165) is 41.2 Å². The number of nitrogen functional groups attached to an aromatic ring is 1. The summed E-state index contributed by atoms with van der Waals surface area (Å²) in [4.78, 5) is 4.50. The lowest BCUT2D eigenvalue weighted by atomic mass is 9.97. The summed E-state index contributed by atoms with van der Waals surface area (Å²) in [6, 6.07) is 18.3. The maximum Gasteiger partial charge on any atom is 0.142 e. The van der Waals surface area contributed by atoms with Crippen LogP contribution in [-0.2, 0) is 0 Å². The van der Waals surface area contributed by atoms with Crippen LogP contribution in [0.15, 0.2) is 48.5 Å². The van der Waals surface area contributed by atoms with E-state index in [-0.39, 0.29) is 5.82 Å². The molecule has 0 atom stereocenters. The third kappa shape index (κ3) is 5.88. The van der Waals surface area contributed by atoms with E-state index in [2.05, 4.69) is 44.0 Å². The van der Waals surface area contributed by atoms with Crippen LogP contribution in [0.2, 0.25) is 0 Å². The van der Waals surface area contributed by atoms with Crippen LogP contribution in [0.5, 0.6) is 5.75 Å². The molecule has 2 aromatic carbocycles. The lowest BCUT2D eigenvalue weighted by Gasteiger charge is -2.12. The number of unbranched alkanes of at least 4 members (excludes halogenated alkanes) is 5. The number of hydrogen-bond donors (Lipinski definition) is 1. The van der Waals surface area contributed by atoms with E-state index in [1.807, 2.05) is 36.4 Å². The van der Waals surface area contributed by atoms with Crippen molar-refractivity contribution in [2.45, 2.75) is 59.3 Å². The van der Waals surface area contributed by atoms with Crippen LogP contribution in [-0.4, -0.2) is 11.6 Å². The summed E-state index contributed by atoms with van der Waals surface area (Å²) in [5.41, 5.74) is 12.5. The fourth-order valence-corrected chi connectivity index (χ4v) is 3.76. The number of aromatic nitrogens is 1. The molecule has 0 spiro atoms. The van der Waals surface area contributed by atoms with Gasteiger partial charge in [-0.3, -0.25) is 0 Å². The molecule has 0 saturated heterocycles. The van der Waals surface area contributed by atoms with Gasteiger partial charge in [0.1, 0.15) is 23.2 Å². The van der Waals surface area contributed by atoms with Crippen molar-refractivity contribution in [3.8, 4) is 34.2 Å². The second-order valence-electron chi connectivity index (χ2n) is 8.37. The molecule has 1 heterocycles. The van der Waals surface area contributed by atoms with Gasteiger partial charge in [-0.1, -0.05) is 63.3 Å². The van der Waals surface area contributed by atoms with E-state index in [0.29, 0.717) is 5.56 Å². The smallest absolute Gasteiger partial charge is 0.142 e. The topological polar surface area (TPSA) is 71.9 Å². The normalized spacial score (nSPS) is 10.7. The predicted molar refractivity (Wildman–Crippen MR) is 133 cm³/mol. The lowest BCUT2D eigenvalue weighted by Crippen LogP contribution is -2.00. The molecule has 0 aliphatic carbocycles. The Morgan fingerprint density at radius 3 is 2.25 bits per heavy atom. The largest absolute Gasteiger partial charge is 0.494 e. The second kappa shape index (κ2) is 11.3. The molecule has 3 rings (SSSR count).